The van der Waals surface area contributed by atoms with Gasteiger partial charge in [-0.2, -0.15) is 0 Å². The smallest absolute Gasteiger partial charge is 0.406 e. The van der Waals surface area contributed by atoms with Crippen molar-refractivity contribution < 1.29 is 17.9 Å². The number of aryl methyl sites for hydroxylation is 1. The summed E-state index contributed by atoms with van der Waals surface area (Å²) < 4.78 is 44.7. The molecule has 1 aliphatic carbocycles. The zero-order valence-electron chi connectivity index (χ0n) is 25.0. The van der Waals surface area contributed by atoms with E-state index < -0.39 is 6.36 Å². The number of aromatic nitrogens is 3. The van der Waals surface area contributed by atoms with E-state index in [-0.39, 0.29) is 11.8 Å². The highest BCUT2D eigenvalue weighted by atomic mass is 19.4. The van der Waals surface area contributed by atoms with Gasteiger partial charge in [0, 0.05) is 31.5 Å². The summed E-state index contributed by atoms with van der Waals surface area (Å²) in [4.78, 5) is 17.2. The standard InChI is InChI=1S/C34H35F3N6O/c1-22(2)21-42-17-14-24(15-18-42)39-30-20-33-31(19-29(30)40-27-8-6-16-38-23(27)3)41-28-7-4-5-9-32(28)43(33)25-10-12-26(13-11-25)44-34(35,36)37/h4-13,16,19-20,22,24,40H,14-15,17-18,21H2,1-3H3/b39-30+. The van der Waals surface area contributed by atoms with Crippen molar-refractivity contribution in [3.05, 3.63) is 90.0 Å². The lowest BCUT2D eigenvalue weighted by Crippen LogP contribution is -2.38. The van der Waals surface area contributed by atoms with Crippen molar-refractivity contribution >= 4 is 22.4 Å². The van der Waals surface area contributed by atoms with Gasteiger partial charge in [-0.1, -0.05) is 26.0 Å². The van der Waals surface area contributed by atoms with Crippen LogP contribution in [0.3, 0.4) is 0 Å². The topological polar surface area (TPSA) is 67.6 Å². The molecule has 0 atom stereocenters. The second kappa shape index (κ2) is 12.3. The molecule has 3 aromatic rings. The molecule has 0 radical (unpaired) electrons. The van der Waals surface area contributed by atoms with Crippen molar-refractivity contribution in [1.82, 2.24) is 19.4 Å². The maximum Gasteiger partial charge on any atom is 0.573 e. The van der Waals surface area contributed by atoms with E-state index in [1.165, 1.54) is 12.1 Å². The average Bonchev–Trinajstić information content (AvgIpc) is 2.98. The molecule has 0 spiro atoms. The Morgan fingerprint density at radius 2 is 1.73 bits per heavy atom. The van der Waals surface area contributed by atoms with Gasteiger partial charge in [-0.05, 0) is 86.3 Å². The molecule has 6 rings (SSSR count). The molecule has 44 heavy (non-hydrogen) atoms. The van der Waals surface area contributed by atoms with Crippen LogP contribution in [0.5, 0.6) is 5.75 Å². The van der Waals surface area contributed by atoms with Gasteiger partial charge in [0.15, 0.2) is 0 Å². The zero-order chi connectivity index (χ0) is 30.8. The normalized spacial score (nSPS) is 15.4. The van der Waals surface area contributed by atoms with Crippen molar-refractivity contribution in [1.29, 1.82) is 0 Å². The Morgan fingerprint density at radius 1 is 0.977 bits per heavy atom. The van der Waals surface area contributed by atoms with Gasteiger partial charge in [0.2, 0.25) is 0 Å². The number of rotatable bonds is 7. The van der Waals surface area contributed by atoms with Crippen LogP contribution in [0.4, 0.5) is 24.5 Å². The Balaban J connectivity index is 1.50. The highest BCUT2D eigenvalue weighted by Crippen LogP contribution is 2.32. The average molecular weight is 601 g/mol. The van der Waals surface area contributed by atoms with E-state index in [9.17, 15) is 13.2 Å². The summed E-state index contributed by atoms with van der Waals surface area (Å²) >= 11 is 0. The number of hydrogen-bond donors (Lipinski definition) is 1. The van der Waals surface area contributed by atoms with Gasteiger partial charge in [-0.3, -0.25) is 9.98 Å². The number of nitrogens with zero attached hydrogens (tertiary/aromatic N) is 5. The largest absolute Gasteiger partial charge is 0.573 e. The van der Waals surface area contributed by atoms with E-state index in [1.54, 1.807) is 18.3 Å². The minimum absolute atomic E-state index is 0.159. The van der Waals surface area contributed by atoms with Crippen LogP contribution in [0.2, 0.25) is 0 Å². The molecule has 1 aromatic heterocycles. The van der Waals surface area contributed by atoms with Crippen molar-refractivity contribution in [2.75, 3.05) is 25.0 Å². The first-order valence-electron chi connectivity index (χ1n) is 14.9. The number of piperidine rings is 1. The summed E-state index contributed by atoms with van der Waals surface area (Å²) in [5, 5.41) is 4.35. The number of pyridine rings is 1. The Hall–Kier alpha value is -4.44. The molecule has 0 unspecified atom stereocenters. The van der Waals surface area contributed by atoms with Crippen LogP contribution in [0.25, 0.3) is 28.1 Å². The molecule has 0 saturated carbocycles. The highest BCUT2D eigenvalue weighted by Gasteiger charge is 2.31. The highest BCUT2D eigenvalue weighted by molar-refractivity contribution is 5.84. The summed E-state index contributed by atoms with van der Waals surface area (Å²) in [7, 11) is 0. The van der Waals surface area contributed by atoms with Gasteiger partial charge in [0.25, 0.3) is 0 Å². The number of ether oxygens (including phenoxy) is 1. The summed E-state index contributed by atoms with van der Waals surface area (Å²) in [5.74, 6) is 0.344. The number of benzene rings is 3. The minimum Gasteiger partial charge on any atom is -0.406 e. The van der Waals surface area contributed by atoms with Crippen molar-refractivity contribution in [2.24, 2.45) is 10.9 Å². The number of anilines is 2. The van der Waals surface area contributed by atoms with Gasteiger partial charge in [0.05, 0.1) is 50.9 Å². The number of hydrogen-bond acceptors (Lipinski definition) is 6. The van der Waals surface area contributed by atoms with Crippen LogP contribution in [-0.2, 0) is 0 Å². The van der Waals surface area contributed by atoms with Crippen molar-refractivity contribution in [2.45, 2.75) is 46.0 Å². The zero-order valence-corrected chi connectivity index (χ0v) is 25.0. The van der Waals surface area contributed by atoms with E-state index in [0.29, 0.717) is 17.3 Å². The van der Waals surface area contributed by atoms with Gasteiger partial charge in [-0.15, -0.1) is 13.2 Å². The molecule has 1 N–H and O–H groups in total. The summed E-state index contributed by atoms with van der Waals surface area (Å²) in [5.41, 5.74) is 6.32. The number of alkyl halides is 3. The molecule has 1 fully saturated rings. The van der Waals surface area contributed by atoms with E-state index in [4.69, 9.17) is 9.98 Å². The van der Waals surface area contributed by atoms with Gasteiger partial charge in [-0.25, -0.2) is 4.98 Å². The van der Waals surface area contributed by atoms with Crippen LogP contribution < -0.4 is 15.4 Å². The van der Waals surface area contributed by atoms with Crippen LogP contribution in [0.1, 0.15) is 32.4 Å². The van der Waals surface area contributed by atoms with Crippen LogP contribution in [-0.4, -0.2) is 51.5 Å². The van der Waals surface area contributed by atoms with E-state index >= 15 is 0 Å². The monoisotopic (exact) mass is 600 g/mol. The van der Waals surface area contributed by atoms with Gasteiger partial charge < -0.3 is 19.5 Å². The Bertz CT molecular complexity index is 1790. The van der Waals surface area contributed by atoms with Crippen LogP contribution in [0, 0.1) is 12.8 Å². The molecule has 228 valence electrons. The van der Waals surface area contributed by atoms with Gasteiger partial charge in [0.1, 0.15) is 5.75 Å². The second-order valence-corrected chi connectivity index (χ2v) is 11.7. The fourth-order valence-electron chi connectivity index (χ4n) is 5.83. The fraction of sp³-hybridized carbons (Fsp3) is 0.324. The Kier molecular flexibility index (Phi) is 8.27. The number of para-hydroxylation sites is 2. The van der Waals surface area contributed by atoms with E-state index in [2.05, 4.69) is 33.8 Å². The predicted octanol–water partition coefficient (Wildman–Crippen LogP) is 7.50. The second-order valence-electron chi connectivity index (χ2n) is 11.7. The number of halogens is 3. The van der Waals surface area contributed by atoms with Crippen LogP contribution in [0.15, 0.2) is 84.0 Å². The molecule has 2 aromatic carbocycles. The molecule has 10 heteroatoms. The summed E-state index contributed by atoms with van der Waals surface area (Å²) in [6, 6.07) is 21.7. The van der Waals surface area contributed by atoms with Crippen molar-refractivity contribution in [3.8, 4) is 22.8 Å². The predicted molar refractivity (Wildman–Crippen MR) is 166 cm³/mol. The maximum absolute atomic E-state index is 12.9. The molecule has 0 amide bonds. The van der Waals surface area contributed by atoms with Gasteiger partial charge >= 0.3 is 6.36 Å². The minimum atomic E-state index is -4.76. The molecule has 2 aliphatic heterocycles. The molecular weight excluding hydrogens is 565 g/mol. The first-order valence-corrected chi connectivity index (χ1v) is 14.9. The first-order chi connectivity index (χ1) is 21.1. The lowest BCUT2D eigenvalue weighted by atomic mass is 10.0. The molecule has 7 nitrogen and oxygen atoms in total. The number of likely N-dealkylation sites (tertiary alicyclic amines) is 1. The molecule has 0 bridgehead atoms. The summed E-state index contributed by atoms with van der Waals surface area (Å²) in [6.07, 6.45) is -1.07. The number of nitrogens with one attached hydrogen (secondary N) is 1. The SMILES string of the molecule is Cc1ncccc1Nc1cc2nc3ccccc3n(-c3ccc(OC(F)(F)F)cc3)c-2c/c1=N\C1CCN(CC(C)C)CC1. The van der Waals surface area contributed by atoms with Crippen molar-refractivity contribution in [3.63, 3.8) is 0 Å². The summed E-state index contributed by atoms with van der Waals surface area (Å²) in [6.45, 7) is 9.53. The fourth-order valence-corrected chi connectivity index (χ4v) is 5.83. The Morgan fingerprint density at radius 3 is 2.43 bits per heavy atom. The maximum atomic E-state index is 12.9. The first kappa shape index (κ1) is 29.6. The molecule has 1 saturated heterocycles. The third-order valence-electron chi connectivity index (χ3n) is 7.80. The lowest BCUT2D eigenvalue weighted by Gasteiger charge is -2.31. The quantitative estimate of drug-likeness (QED) is 0.196. The van der Waals surface area contributed by atoms with Crippen LogP contribution >= 0.6 is 0 Å². The van der Waals surface area contributed by atoms with E-state index in [0.717, 1.165) is 71.6 Å². The third kappa shape index (κ3) is 6.70. The number of fused-ring (bicyclic) bond motifs is 2. The molecule has 3 aliphatic rings. The molecular formula is C34H35F3N6O. The van der Waals surface area contributed by atoms with E-state index in [1.807, 2.05) is 60.0 Å². The Labute approximate surface area is 254 Å². The lowest BCUT2D eigenvalue weighted by molar-refractivity contribution is -0.274. The third-order valence-corrected chi connectivity index (χ3v) is 7.80. The molecule has 3 heterocycles.